The first kappa shape index (κ1) is 22.1. The third-order valence-corrected chi connectivity index (χ3v) is 5.66. The van der Waals surface area contributed by atoms with Gasteiger partial charge in [-0.2, -0.15) is 4.39 Å². The Labute approximate surface area is 188 Å². The molecule has 1 aromatic carbocycles. The summed E-state index contributed by atoms with van der Waals surface area (Å²) in [6, 6.07) is 11.7. The number of carbonyl (C=O) groups excluding carboxylic acids is 1. The molecule has 3 aromatic rings. The summed E-state index contributed by atoms with van der Waals surface area (Å²) in [5.74, 6) is -1.02. The minimum absolute atomic E-state index is 0.0202. The van der Waals surface area contributed by atoms with Crippen LogP contribution in [0.4, 0.5) is 8.78 Å². The molecule has 33 heavy (non-hydrogen) atoms. The maximum atomic E-state index is 14.4. The number of nitrogens with zero attached hydrogens (tertiary/aromatic N) is 5. The molecule has 3 N–H and O–H groups in total. The Kier molecular flexibility index (Phi) is 5.91. The highest BCUT2D eigenvalue weighted by Gasteiger charge is 2.50. The highest BCUT2D eigenvalue weighted by Crippen LogP contribution is 2.41. The number of benzene rings is 1. The zero-order valence-corrected chi connectivity index (χ0v) is 17.8. The second-order valence-electron chi connectivity index (χ2n) is 7.60. The van der Waals surface area contributed by atoms with Gasteiger partial charge in [0.05, 0.1) is 18.6 Å². The zero-order chi connectivity index (χ0) is 23.6. The molecule has 0 spiro atoms. The SMILES string of the molecule is CN1C(=O)C(c2cccc(-c3cccnc3F)c2)(c2cc(/C=N/O)n(CCCF)c2)N=C1N. The fraction of sp³-hybridized carbons (Fsp3) is 0.217. The van der Waals surface area contributed by atoms with Crippen molar-refractivity contribution in [3.63, 3.8) is 0 Å². The van der Waals surface area contributed by atoms with Crippen LogP contribution in [0.3, 0.4) is 0 Å². The molecule has 170 valence electrons. The van der Waals surface area contributed by atoms with Crippen LogP contribution in [0, 0.1) is 5.95 Å². The maximum absolute atomic E-state index is 14.4. The first-order valence-corrected chi connectivity index (χ1v) is 10.2. The maximum Gasteiger partial charge on any atom is 0.266 e. The Hall–Kier alpha value is -4.08. The molecular weight excluding hydrogens is 430 g/mol. The lowest BCUT2D eigenvalue weighted by atomic mass is 9.83. The molecule has 0 aliphatic carbocycles. The summed E-state index contributed by atoms with van der Waals surface area (Å²) in [6.07, 6.45) is 4.46. The van der Waals surface area contributed by atoms with Gasteiger partial charge in [-0.1, -0.05) is 23.4 Å². The van der Waals surface area contributed by atoms with E-state index in [-0.39, 0.29) is 17.9 Å². The van der Waals surface area contributed by atoms with Crippen molar-refractivity contribution in [3.8, 4) is 11.1 Å². The van der Waals surface area contributed by atoms with E-state index < -0.39 is 24.1 Å². The van der Waals surface area contributed by atoms with Crippen LogP contribution in [0.15, 0.2) is 65.0 Å². The van der Waals surface area contributed by atoms with Gasteiger partial charge in [0.1, 0.15) is 0 Å². The molecule has 1 unspecified atom stereocenters. The Balaban J connectivity index is 1.93. The van der Waals surface area contributed by atoms with Crippen molar-refractivity contribution < 1.29 is 18.8 Å². The van der Waals surface area contributed by atoms with E-state index in [0.717, 1.165) is 0 Å². The van der Waals surface area contributed by atoms with Crippen molar-refractivity contribution in [3.05, 3.63) is 77.6 Å². The van der Waals surface area contributed by atoms with Gasteiger partial charge in [0.25, 0.3) is 5.91 Å². The van der Waals surface area contributed by atoms with Crippen molar-refractivity contribution in [1.29, 1.82) is 0 Å². The summed E-state index contributed by atoms with van der Waals surface area (Å²) >= 11 is 0. The Morgan fingerprint density at radius 2 is 2.06 bits per heavy atom. The third-order valence-electron chi connectivity index (χ3n) is 5.66. The van der Waals surface area contributed by atoms with Gasteiger partial charge in [-0.15, -0.1) is 0 Å². The largest absolute Gasteiger partial charge is 0.411 e. The second kappa shape index (κ2) is 8.81. The number of hydrogen-bond acceptors (Lipinski definition) is 6. The fourth-order valence-electron chi connectivity index (χ4n) is 4.01. The van der Waals surface area contributed by atoms with Gasteiger partial charge in [0.15, 0.2) is 11.5 Å². The standard InChI is InChI=1S/C23H22F2N6O2/c1-30-21(32)23(29-22(30)26,17-12-18(13-28-33)31(14-17)10-4-8-24)16-6-2-5-15(11-16)19-7-3-9-27-20(19)25/h2-3,5-7,9,11-14,33H,4,8,10H2,1H3,(H2,26,29)/b28-13+. The molecule has 0 fully saturated rings. The summed E-state index contributed by atoms with van der Waals surface area (Å²) in [5.41, 5.74) is 6.67. The minimum Gasteiger partial charge on any atom is -0.411 e. The number of aliphatic imine (C=N–C) groups is 1. The molecular formula is C23H22F2N6O2. The summed E-state index contributed by atoms with van der Waals surface area (Å²) in [7, 11) is 1.52. The van der Waals surface area contributed by atoms with Crippen LogP contribution in [0.1, 0.15) is 23.2 Å². The summed E-state index contributed by atoms with van der Waals surface area (Å²) in [6.45, 7) is -0.224. The first-order chi connectivity index (χ1) is 15.9. The Bertz CT molecular complexity index is 1260. The van der Waals surface area contributed by atoms with Crippen LogP contribution in [0.2, 0.25) is 0 Å². The molecule has 1 aliphatic rings. The molecule has 0 radical (unpaired) electrons. The van der Waals surface area contributed by atoms with Crippen LogP contribution in [0.25, 0.3) is 11.1 Å². The molecule has 0 bridgehead atoms. The van der Waals surface area contributed by atoms with E-state index in [2.05, 4.69) is 15.1 Å². The summed E-state index contributed by atoms with van der Waals surface area (Å²) in [5, 5.41) is 12.1. The van der Waals surface area contributed by atoms with Crippen molar-refractivity contribution in [2.24, 2.45) is 15.9 Å². The van der Waals surface area contributed by atoms with Gasteiger partial charge in [-0.25, -0.2) is 9.98 Å². The molecule has 8 nitrogen and oxygen atoms in total. The van der Waals surface area contributed by atoms with Crippen LogP contribution in [-0.4, -0.2) is 51.5 Å². The number of aryl methyl sites for hydroxylation is 1. The smallest absolute Gasteiger partial charge is 0.266 e. The number of halogens is 2. The van der Waals surface area contributed by atoms with E-state index in [1.165, 1.54) is 24.4 Å². The van der Waals surface area contributed by atoms with Crippen molar-refractivity contribution in [2.75, 3.05) is 13.7 Å². The Morgan fingerprint density at radius 1 is 1.24 bits per heavy atom. The van der Waals surface area contributed by atoms with Crippen molar-refractivity contribution in [1.82, 2.24) is 14.5 Å². The molecule has 2 aromatic heterocycles. The summed E-state index contributed by atoms with van der Waals surface area (Å²) in [4.78, 5) is 23.0. The number of guanidine groups is 1. The number of aromatic nitrogens is 2. The molecule has 1 aliphatic heterocycles. The van der Waals surface area contributed by atoms with Crippen LogP contribution in [0.5, 0.6) is 0 Å². The Morgan fingerprint density at radius 3 is 2.73 bits per heavy atom. The number of hydrogen-bond donors (Lipinski definition) is 2. The van der Waals surface area contributed by atoms with Gasteiger partial charge in [0.2, 0.25) is 5.95 Å². The average Bonchev–Trinajstić information content (AvgIpc) is 3.33. The van der Waals surface area contributed by atoms with E-state index in [1.807, 2.05) is 0 Å². The summed E-state index contributed by atoms with van der Waals surface area (Å²) < 4.78 is 28.9. The number of carbonyl (C=O) groups is 1. The van der Waals surface area contributed by atoms with Crippen LogP contribution < -0.4 is 5.73 Å². The molecule has 1 atom stereocenters. The third kappa shape index (κ3) is 3.73. The van der Waals surface area contributed by atoms with Crippen molar-refractivity contribution >= 4 is 18.1 Å². The molecule has 0 saturated carbocycles. The zero-order valence-electron chi connectivity index (χ0n) is 17.8. The van der Waals surface area contributed by atoms with E-state index >= 15 is 0 Å². The van der Waals surface area contributed by atoms with E-state index in [1.54, 1.807) is 53.2 Å². The van der Waals surface area contributed by atoms with Crippen LogP contribution in [-0.2, 0) is 16.9 Å². The molecule has 3 heterocycles. The minimum atomic E-state index is -1.55. The van der Waals surface area contributed by atoms with Crippen LogP contribution >= 0.6 is 0 Å². The number of alkyl halides is 1. The predicted molar refractivity (Wildman–Crippen MR) is 119 cm³/mol. The topological polar surface area (TPSA) is 109 Å². The number of pyridine rings is 1. The quantitative estimate of drug-likeness (QED) is 0.249. The molecule has 10 heteroatoms. The van der Waals surface area contributed by atoms with Gasteiger partial charge in [0, 0.05) is 37.1 Å². The lowest BCUT2D eigenvalue weighted by Crippen LogP contribution is -2.41. The average molecular weight is 452 g/mol. The van der Waals surface area contributed by atoms with Gasteiger partial charge in [-0.05, 0) is 41.8 Å². The molecule has 4 rings (SSSR count). The monoisotopic (exact) mass is 452 g/mol. The van der Waals surface area contributed by atoms with E-state index in [0.29, 0.717) is 28.9 Å². The molecule has 1 amide bonds. The number of rotatable bonds is 7. The highest BCUT2D eigenvalue weighted by atomic mass is 19.1. The number of likely N-dealkylation sites (N-methyl/N-ethyl adjacent to an activating group) is 1. The van der Waals surface area contributed by atoms with Gasteiger partial charge < -0.3 is 15.5 Å². The van der Waals surface area contributed by atoms with Gasteiger partial charge in [-0.3, -0.25) is 14.1 Å². The second-order valence-corrected chi connectivity index (χ2v) is 7.60. The number of amides is 1. The highest BCUT2D eigenvalue weighted by molar-refractivity contribution is 6.09. The lowest BCUT2D eigenvalue weighted by Gasteiger charge is -2.25. The normalized spacial score (nSPS) is 18.3. The van der Waals surface area contributed by atoms with Gasteiger partial charge >= 0.3 is 0 Å². The predicted octanol–water partition coefficient (Wildman–Crippen LogP) is 2.89. The number of nitrogens with two attached hydrogens (primary N) is 1. The number of oxime groups is 1. The van der Waals surface area contributed by atoms with E-state index in [4.69, 9.17) is 10.9 Å². The molecule has 0 saturated heterocycles. The lowest BCUT2D eigenvalue weighted by molar-refractivity contribution is -0.129. The van der Waals surface area contributed by atoms with E-state index in [9.17, 15) is 13.6 Å². The fourth-order valence-corrected chi connectivity index (χ4v) is 4.01. The first-order valence-electron chi connectivity index (χ1n) is 10.2. The van der Waals surface area contributed by atoms with Crippen molar-refractivity contribution in [2.45, 2.75) is 18.5 Å².